The molecular weight excluding hydrogens is 355 g/mol. The molecule has 0 bridgehead atoms. The number of primary amides is 1. The summed E-state index contributed by atoms with van der Waals surface area (Å²) in [5.74, 6) is -5.36. The van der Waals surface area contributed by atoms with E-state index in [0.29, 0.717) is 6.92 Å². The molecule has 1 fully saturated rings. The van der Waals surface area contributed by atoms with Crippen molar-refractivity contribution in [3.05, 3.63) is 35.4 Å². The minimum atomic E-state index is -4.86. The number of amides is 4. The van der Waals surface area contributed by atoms with Crippen LogP contribution in [0.1, 0.15) is 29.3 Å². The Hall–Kier alpha value is -2.91. The van der Waals surface area contributed by atoms with Gasteiger partial charge >= 0.3 is 12.2 Å². The number of urea groups is 1. The minimum Gasteiger partial charge on any atom is -0.368 e. The molecule has 3 N–H and O–H groups in total. The van der Waals surface area contributed by atoms with Crippen LogP contribution in [-0.4, -0.2) is 40.7 Å². The number of alkyl halides is 3. The topological polar surface area (TPSA) is 110 Å². The number of hydrogen-bond donors (Lipinski definition) is 2. The Morgan fingerprint density at radius 2 is 1.88 bits per heavy atom. The SMILES string of the molecule is C[C@@H](C(C(N)=O)N1C(=O)N[C@]2(CC(=O)c3ccccc32)C1=O)C(F)(F)F. The minimum absolute atomic E-state index is 0.189. The predicted molar refractivity (Wildman–Crippen MR) is 80.6 cm³/mol. The van der Waals surface area contributed by atoms with Gasteiger partial charge in [-0.25, -0.2) is 9.69 Å². The normalized spacial score (nSPS) is 24.6. The highest BCUT2D eigenvalue weighted by Crippen LogP contribution is 2.43. The van der Waals surface area contributed by atoms with Gasteiger partial charge in [0.25, 0.3) is 5.91 Å². The maximum absolute atomic E-state index is 13.1. The van der Waals surface area contributed by atoms with Crippen molar-refractivity contribution >= 4 is 23.6 Å². The molecule has 7 nitrogen and oxygen atoms in total. The van der Waals surface area contributed by atoms with Crippen LogP contribution in [0.3, 0.4) is 0 Å². The third kappa shape index (κ3) is 2.36. The number of rotatable bonds is 3. The molecule has 1 saturated heterocycles. The van der Waals surface area contributed by atoms with Crippen LogP contribution in [-0.2, 0) is 15.1 Å². The highest BCUT2D eigenvalue weighted by atomic mass is 19.4. The first-order valence-corrected chi connectivity index (χ1v) is 7.65. The second-order valence-corrected chi connectivity index (χ2v) is 6.33. The Morgan fingerprint density at radius 3 is 2.46 bits per heavy atom. The number of Topliss-reactive ketones (excluding diaryl/α,β-unsaturated/α-hetero) is 1. The zero-order valence-electron chi connectivity index (χ0n) is 13.5. The van der Waals surface area contributed by atoms with Crippen LogP contribution >= 0.6 is 0 Å². The van der Waals surface area contributed by atoms with E-state index in [1.54, 1.807) is 6.07 Å². The molecule has 1 aliphatic carbocycles. The molecule has 0 saturated carbocycles. The Bertz CT molecular complexity index is 838. The zero-order valence-corrected chi connectivity index (χ0v) is 13.5. The van der Waals surface area contributed by atoms with Crippen LogP contribution in [0.5, 0.6) is 0 Å². The summed E-state index contributed by atoms with van der Waals surface area (Å²) < 4.78 is 39.3. The molecular formula is C16H14F3N3O4. The number of halogens is 3. The first kappa shape index (κ1) is 17.9. The number of nitrogens with zero attached hydrogens (tertiary/aromatic N) is 1. The molecule has 0 aromatic heterocycles. The van der Waals surface area contributed by atoms with Crippen molar-refractivity contribution in [2.24, 2.45) is 11.7 Å². The molecule has 4 amide bonds. The zero-order chi connectivity index (χ0) is 19.4. The molecule has 1 aliphatic heterocycles. The summed E-state index contributed by atoms with van der Waals surface area (Å²) in [6.45, 7) is 0.661. The van der Waals surface area contributed by atoms with E-state index in [0.717, 1.165) is 0 Å². The monoisotopic (exact) mass is 369 g/mol. The Labute approximate surface area is 145 Å². The molecule has 26 heavy (non-hydrogen) atoms. The lowest BCUT2D eigenvalue weighted by Gasteiger charge is -2.30. The van der Waals surface area contributed by atoms with E-state index in [1.165, 1.54) is 18.2 Å². The fourth-order valence-corrected chi connectivity index (χ4v) is 3.46. The van der Waals surface area contributed by atoms with Gasteiger partial charge in [0.05, 0.1) is 5.92 Å². The Kier molecular flexibility index (Phi) is 3.82. The molecule has 3 rings (SSSR count). The molecule has 1 aromatic rings. The highest BCUT2D eigenvalue weighted by molar-refractivity contribution is 6.17. The quantitative estimate of drug-likeness (QED) is 0.777. The lowest BCUT2D eigenvalue weighted by Crippen LogP contribution is -2.55. The van der Waals surface area contributed by atoms with Crippen LogP contribution in [0.25, 0.3) is 0 Å². The van der Waals surface area contributed by atoms with E-state index < -0.39 is 53.7 Å². The maximum atomic E-state index is 13.1. The number of ketones is 1. The smallest absolute Gasteiger partial charge is 0.368 e. The molecule has 0 radical (unpaired) electrons. The van der Waals surface area contributed by atoms with Crippen molar-refractivity contribution in [1.82, 2.24) is 10.2 Å². The maximum Gasteiger partial charge on any atom is 0.394 e. The van der Waals surface area contributed by atoms with Crippen LogP contribution in [0, 0.1) is 5.92 Å². The fourth-order valence-electron chi connectivity index (χ4n) is 3.46. The van der Waals surface area contributed by atoms with Gasteiger partial charge in [-0.05, 0) is 5.56 Å². The molecule has 1 unspecified atom stereocenters. The van der Waals surface area contributed by atoms with Crippen LogP contribution in [0.4, 0.5) is 18.0 Å². The van der Waals surface area contributed by atoms with E-state index in [1.807, 2.05) is 0 Å². The second-order valence-electron chi connectivity index (χ2n) is 6.33. The summed E-state index contributed by atoms with van der Waals surface area (Å²) in [7, 11) is 0. The molecule has 3 atom stereocenters. The number of carbonyl (C=O) groups excluding carboxylic acids is 4. The average Bonchev–Trinajstić information content (AvgIpc) is 2.96. The van der Waals surface area contributed by atoms with Crippen molar-refractivity contribution in [3.63, 3.8) is 0 Å². The lowest BCUT2D eigenvalue weighted by atomic mass is 9.90. The van der Waals surface area contributed by atoms with E-state index in [2.05, 4.69) is 5.32 Å². The number of nitrogens with one attached hydrogen (secondary N) is 1. The Balaban J connectivity index is 2.08. The van der Waals surface area contributed by atoms with Gasteiger partial charge in [0.2, 0.25) is 5.91 Å². The van der Waals surface area contributed by atoms with Crippen molar-refractivity contribution in [1.29, 1.82) is 0 Å². The van der Waals surface area contributed by atoms with Gasteiger partial charge in [0.15, 0.2) is 11.3 Å². The van der Waals surface area contributed by atoms with Crippen LogP contribution < -0.4 is 11.1 Å². The van der Waals surface area contributed by atoms with E-state index in [-0.39, 0.29) is 16.0 Å². The summed E-state index contributed by atoms with van der Waals surface area (Å²) in [5, 5.41) is 2.30. The van der Waals surface area contributed by atoms with Crippen molar-refractivity contribution in [3.8, 4) is 0 Å². The highest BCUT2D eigenvalue weighted by Gasteiger charge is 2.62. The lowest BCUT2D eigenvalue weighted by molar-refractivity contribution is -0.187. The number of imide groups is 1. The van der Waals surface area contributed by atoms with Gasteiger partial charge < -0.3 is 11.1 Å². The van der Waals surface area contributed by atoms with Gasteiger partial charge in [0.1, 0.15) is 6.04 Å². The molecule has 138 valence electrons. The average molecular weight is 369 g/mol. The fraction of sp³-hybridized carbons (Fsp3) is 0.375. The number of nitrogens with two attached hydrogens (primary N) is 1. The molecule has 10 heteroatoms. The van der Waals surface area contributed by atoms with Gasteiger partial charge in [0, 0.05) is 12.0 Å². The molecule has 1 spiro atoms. The third-order valence-corrected chi connectivity index (χ3v) is 4.80. The van der Waals surface area contributed by atoms with E-state index in [9.17, 15) is 32.3 Å². The van der Waals surface area contributed by atoms with Crippen LogP contribution in [0.2, 0.25) is 0 Å². The molecule has 2 aliphatic rings. The van der Waals surface area contributed by atoms with Crippen LogP contribution in [0.15, 0.2) is 24.3 Å². The molecule has 1 heterocycles. The predicted octanol–water partition coefficient (Wildman–Crippen LogP) is 1.07. The number of benzene rings is 1. The van der Waals surface area contributed by atoms with Gasteiger partial charge in [-0.3, -0.25) is 14.4 Å². The number of carbonyl (C=O) groups is 4. The van der Waals surface area contributed by atoms with E-state index in [4.69, 9.17) is 5.73 Å². The second kappa shape index (κ2) is 5.55. The van der Waals surface area contributed by atoms with Gasteiger partial charge in [-0.1, -0.05) is 31.2 Å². The molecule has 1 aromatic carbocycles. The summed E-state index contributed by atoms with van der Waals surface area (Å²) in [4.78, 5) is 49.3. The standard InChI is InChI=1S/C16H14F3N3O4/c1-7(16(17,18)19)11(12(20)24)22-13(25)15(21-14(22)26)6-10(23)8-4-2-3-5-9(8)15/h2-5,7,11H,6H2,1H3,(H2,20,24)(H,21,26)/t7-,11?,15-/m0/s1. The summed E-state index contributed by atoms with van der Waals surface area (Å²) in [6.07, 6.45) is -5.29. The van der Waals surface area contributed by atoms with Crippen molar-refractivity contribution in [2.45, 2.75) is 31.1 Å². The number of hydrogen-bond acceptors (Lipinski definition) is 4. The summed E-state index contributed by atoms with van der Waals surface area (Å²) in [6, 6.07) is 2.58. The van der Waals surface area contributed by atoms with E-state index >= 15 is 0 Å². The largest absolute Gasteiger partial charge is 0.394 e. The van der Waals surface area contributed by atoms with Crippen molar-refractivity contribution < 1.29 is 32.3 Å². The number of fused-ring (bicyclic) bond motifs is 2. The first-order valence-electron chi connectivity index (χ1n) is 7.65. The third-order valence-electron chi connectivity index (χ3n) is 4.80. The summed E-state index contributed by atoms with van der Waals surface area (Å²) >= 11 is 0. The van der Waals surface area contributed by atoms with Gasteiger partial charge in [-0.15, -0.1) is 0 Å². The first-order chi connectivity index (χ1) is 12.0. The Morgan fingerprint density at radius 1 is 1.27 bits per heavy atom. The van der Waals surface area contributed by atoms with Crippen molar-refractivity contribution in [2.75, 3.05) is 0 Å². The van der Waals surface area contributed by atoms with Gasteiger partial charge in [-0.2, -0.15) is 13.2 Å². The summed E-state index contributed by atoms with van der Waals surface area (Å²) in [5.41, 5.74) is 3.64.